The molecule has 1 amide bonds. The fraction of sp³-hybridized carbons (Fsp3) is 0.462. The van der Waals surface area contributed by atoms with Crippen LogP contribution in [0.2, 0.25) is 10.0 Å². The Balaban J connectivity index is 2.29. The van der Waals surface area contributed by atoms with Gasteiger partial charge in [0.25, 0.3) is 5.91 Å². The summed E-state index contributed by atoms with van der Waals surface area (Å²) in [4.78, 5) is 26.2. The number of morpholine rings is 1. The Hall–Kier alpha value is -2.34. The molecule has 1 fully saturated rings. The van der Waals surface area contributed by atoms with Crippen molar-refractivity contribution in [3.63, 3.8) is 0 Å². The molecule has 0 radical (unpaired) electrons. The highest BCUT2D eigenvalue weighted by Gasteiger charge is 2.51. The van der Waals surface area contributed by atoms with Gasteiger partial charge in [-0.05, 0) is 56.2 Å². The van der Waals surface area contributed by atoms with E-state index >= 15 is 0 Å². The van der Waals surface area contributed by atoms with Crippen LogP contribution in [0.1, 0.15) is 56.9 Å². The van der Waals surface area contributed by atoms with Gasteiger partial charge in [-0.25, -0.2) is 8.42 Å². The van der Waals surface area contributed by atoms with Gasteiger partial charge in [0, 0.05) is 10.0 Å². The zero-order chi connectivity index (χ0) is 29.3. The molecule has 2 aromatic carbocycles. The van der Waals surface area contributed by atoms with Crippen molar-refractivity contribution in [1.82, 2.24) is 4.90 Å². The number of carbonyl (C=O) groups excluding carboxylic acids is 1. The van der Waals surface area contributed by atoms with Crippen molar-refractivity contribution in [2.75, 3.05) is 5.75 Å². The van der Waals surface area contributed by atoms with Crippen molar-refractivity contribution in [3.8, 4) is 0 Å². The molecular weight excluding hydrogens is 582 g/mol. The predicted octanol–water partition coefficient (Wildman–Crippen LogP) is 6.01. The Morgan fingerprint density at radius 2 is 1.67 bits per heavy atom. The van der Waals surface area contributed by atoms with Crippen LogP contribution in [0.4, 0.5) is 13.2 Å². The summed E-state index contributed by atoms with van der Waals surface area (Å²) in [5.74, 6) is -3.49. The molecule has 39 heavy (non-hydrogen) atoms. The zero-order valence-corrected chi connectivity index (χ0v) is 23.6. The van der Waals surface area contributed by atoms with Gasteiger partial charge in [0.15, 0.2) is 9.84 Å². The number of rotatable bonds is 8. The molecule has 4 atom stereocenters. The number of hydrogen-bond donors (Lipinski definition) is 1. The maximum absolute atomic E-state index is 13.9. The summed E-state index contributed by atoms with van der Waals surface area (Å²) in [5.41, 5.74) is 0.673. The normalized spacial score (nSPS) is 21.6. The van der Waals surface area contributed by atoms with Gasteiger partial charge in [-0.3, -0.25) is 9.59 Å². The summed E-state index contributed by atoms with van der Waals surface area (Å²) in [6, 6.07) is 9.00. The first-order valence-corrected chi connectivity index (χ1v) is 14.3. The van der Waals surface area contributed by atoms with Gasteiger partial charge in [0.05, 0.1) is 35.4 Å². The second-order valence-corrected chi connectivity index (χ2v) is 14.0. The molecule has 7 nitrogen and oxygen atoms in total. The van der Waals surface area contributed by atoms with Gasteiger partial charge in [-0.1, -0.05) is 47.5 Å². The fourth-order valence-corrected chi connectivity index (χ4v) is 6.02. The number of carboxylic acid groups (broad SMARTS) is 1. The number of alkyl halides is 3. The molecule has 1 aliphatic rings. The second kappa shape index (κ2) is 11.6. The number of benzene rings is 2. The second-order valence-electron chi connectivity index (χ2n) is 10.3. The van der Waals surface area contributed by atoms with E-state index in [-0.39, 0.29) is 5.02 Å². The van der Waals surface area contributed by atoms with Crippen molar-refractivity contribution in [3.05, 3.63) is 69.7 Å². The maximum atomic E-state index is 13.9. The maximum Gasteiger partial charge on any atom is 0.391 e. The summed E-state index contributed by atoms with van der Waals surface area (Å²) in [7, 11) is -4.18. The van der Waals surface area contributed by atoms with Crippen LogP contribution < -0.4 is 0 Å². The van der Waals surface area contributed by atoms with Crippen LogP contribution in [0.5, 0.6) is 0 Å². The van der Waals surface area contributed by atoms with Crippen LogP contribution in [0.3, 0.4) is 0 Å². The number of ether oxygens (including phenoxy) is 1. The van der Waals surface area contributed by atoms with Crippen LogP contribution >= 0.6 is 23.2 Å². The van der Waals surface area contributed by atoms with Gasteiger partial charge in [-0.15, -0.1) is 0 Å². The minimum atomic E-state index is -4.85. The Morgan fingerprint density at radius 3 is 2.18 bits per heavy atom. The lowest BCUT2D eigenvalue weighted by Crippen LogP contribution is -2.58. The topological polar surface area (TPSA) is 101 Å². The van der Waals surface area contributed by atoms with E-state index in [0.29, 0.717) is 16.1 Å². The lowest BCUT2D eigenvalue weighted by Gasteiger charge is -2.48. The van der Waals surface area contributed by atoms with E-state index in [4.69, 9.17) is 27.9 Å². The molecule has 0 bridgehead atoms. The van der Waals surface area contributed by atoms with E-state index in [1.807, 2.05) is 0 Å². The van der Waals surface area contributed by atoms with Gasteiger partial charge < -0.3 is 14.7 Å². The van der Waals surface area contributed by atoms with Crippen LogP contribution in [0, 0.1) is 0 Å². The monoisotopic (exact) mass is 609 g/mol. The van der Waals surface area contributed by atoms with Gasteiger partial charge in [-0.2, -0.15) is 13.2 Å². The summed E-state index contributed by atoms with van der Waals surface area (Å²) in [6.07, 6.45) is -10.2. The van der Waals surface area contributed by atoms with Gasteiger partial charge in [0.1, 0.15) is 12.2 Å². The van der Waals surface area contributed by atoms with Crippen LogP contribution in [-0.2, 0) is 24.2 Å². The van der Waals surface area contributed by atoms with Crippen molar-refractivity contribution < 1.29 is 41.0 Å². The summed E-state index contributed by atoms with van der Waals surface area (Å²) >= 11 is 12.2. The average Bonchev–Trinajstić information content (AvgIpc) is 2.78. The van der Waals surface area contributed by atoms with Crippen molar-refractivity contribution in [2.45, 2.75) is 68.8 Å². The molecule has 214 valence electrons. The molecule has 0 saturated carbocycles. The molecule has 1 heterocycles. The quantitative estimate of drug-likeness (QED) is 0.393. The zero-order valence-electron chi connectivity index (χ0n) is 21.3. The van der Waals surface area contributed by atoms with Gasteiger partial charge >= 0.3 is 12.1 Å². The lowest BCUT2D eigenvalue weighted by atomic mass is 9.89. The number of amides is 1. The van der Waals surface area contributed by atoms with E-state index in [9.17, 15) is 36.3 Å². The van der Waals surface area contributed by atoms with Crippen LogP contribution in [-0.4, -0.2) is 59.1 Å². The highest BCUT2D eigenvalue weighted by atomic mass is 35.5. The number of sulfone groups is 1. The minimum absolute atomic E-state index is 0.270. The SMILES string of the molecule is CC(C)(C)S(=O)(=O)C[C@@H](CC(F)(F)F)N1C(=O)[C@@H](CC(=O)O)O[C@H](c2cccc(Cl)c2)[C@H]1c1ccc(Cl)cc1. The van der Waals surface area contributed by atoms with Crippen molar-refractivity contribution >= 4 is 44.9 Å². The number of carbonyl (C=O) groups is 2. The molecule has 0 spiro atoms. The molecular formula is C26H28Cl2F3NO6S. The Kier molecular flexibility index (Phi) is 9.31. The minimum Gasteiger partial charge on any atom is -0.481 e. The summed E-state index contributed by atoms with van der Waals surface area (Å²) in [6.45, 7) is 4.06. The number of nitrogens with zero attached hydrogens (tertiary/aromatic N) is 1. The first-order valence-electron chi connectivity index (χ1n) is 11.9. The van der Waals surface area contributed by atoms with Crippen LogP contribution in [0.15, 0.2) is 48.5 Å². The molecule has 1 aliphatic heterocycles. The van der Waals surface area contributed by atoms with Crippen molar-refractivity contribution in [2.24, 2.45) is 0 Å². The molecule has 2 aromatic rings. The van der Waals surface area contributed by atoms with E-state index < -0.39 is 75.5 Å². The number of aliphatic carboxylic acids is 1. The summed E-state index contributed by atoms with van der Waals surface area (Å²) in [5, 5.41) is 10.0. The van der Waals surface area contributed by atoms with Crippen molar-refractivity contribution in [1.29, 1.82) is 0 Å². The third-order valence-electron chi connectivity index (χ3n) is 6.38. The average molecular weight is 610 g/mol. The molecule has 1 saturated heterocycles. The first kappa shape index (κ1) is 31.2. The molecule has 0 unspecified atom stereocenters. The Bertz CT molecular complexity index is 1310. The molecule has 3 rings (SSSR count). The Labute approximate surface area is 234 Å². The number of halogens is 5. The third kappa shape index (κ3) is 7.65. The molecule has 13 heteroatoms. The smallest absolute Gasteiger partial charge is 0.391 e. The first-order chi connectivity index (χ1) is 17.9. The Morgan fingerprint density at radius 1 is 1.05 bits per heavy atom. The van der Waals surface area contributed by atoms with E-state index in [1.165, 1.54) is 51.1 Å². The standard InChI is InChI=1S/C26H28Cl2F3NO6S/c1-25(2,3)39(36,37)14-19(13-26(29,30)31)32-22(15-7-9-17(27)10-8-15)23(16-5-4-6-18(28)11-16)38-20(24(32)35)12-21(33)34/h4-11,19-20,22-23H,12-14H2,1-3H3,(H,33,34)/t19-,20-,22-,23-/m1/s1. The van der Waals surface area contributed by atoms with Crippen LogP contribution in [0.25, 0.3) is 0 Å². The molecule has 0 aromatic heterocycles. The number of carboxylic acids is 1. The third-order valence-corrected chi connectivity index (χ3v) is 9.56. The molecule has 1 N–H and O–H groups in total. The van der Waals surface area contributed by atoms with E-state index in [0.717, 1.165) is 4.90 Å². The highest BCUT2D eigenvalue weighted by molar-refractivity contribution is 7.92. The van der Waals surface area contributed by atoms with E-state index in [2.05, 4.69) is 0 Å². The fourth-order valence-electron chi connectivity index (χ4n) is 4.41. The molecule has 0 aliphatic carbocycles. The predicted molar refractivity (Wildman–Crippen MR) is 140 cm³/mol. The van der Waals surface area contributed by atoms with Gasteiger partial charge in [0.2, 0.25) is 0 Å². The largest absolute Gasteiger partial charge is 0.481 e. The summed E-state index contributed by atoms with van der Waals surface area (Å²) < 4.78 is 72.7. The van der Waals surface area contributed by atoms with E-state index in [1.54, 1.807) is 18.2 Å². The number of hydrogen-bond acceptors (Lipinski definition) is 5. The lowest BCUT2D eigenvalue weighted by molar-refractivity contribution is -0.191. The highest BCUT2D eigenvalue weighted by Crippen LogP contribution is 2.46.